The molecule has 0 aliphatic carbocycles. The average Bonchev–Trinajstić information content (AvgIpc) is 3.00. The summed E-state index contributed by atoms with van der Waals surface area (Å²) < 4.78 is 15.1. The summed E-state index contributed by atoms with van der Waals surface area (Å²) in [7, 11) is 1.38. The smallest absolute Gasteiger partial charge is 0.344 e. The molecule has 8 nitrogen and oxygen atoms in total. The predicted molar refractivity (Wildman–Crippen MR) is 104 cm³/mol. The second kappa shape index (κ2) is 9.84. The highest BCUT2D eigenvalue weighted by molar-refractivity contribution is 7.16. The Morgan fingerprint density at radius 3 is 2.57 bits per heavy atom. The van der Waals surface area contributed by atoms with Gasteiger partial charge in [0.25, 0.3) is 5.91 Å². The number of amides is 1. The summed E-state index contributed by atoms with van der Waals surface area (Å²) in [5.74, 6) is -1.68. The van der Waals surface area contributed by atoms with Crippen molar-refractivity contribution in [3.63, 3.8) is 0 Å². The highest BCUT2D eigenvalue weighted by Gasteiger charge is 2.24. The Bertz CT molecular complexity index is 877. The minimum absolute atomic E-state index is 0.110. The van der Waals surface area contributed by atoms with E-state index in [0.29, 0.717) is 17.0 Å². The van der Waals surface area contributed by atoms with Gasteiger partial charge < -0.3 is 19.5 Å². The van der Waals surface area contributed by atoms with Gasteiger partial charge in [0.15, 0.2) is 6.61 Å². The number of pyridine rings is 1. The number of carbonyl (C=O) groups is 3. The molecule has 28 heavy (non-hydrogen) atoms. The lowest BCUT2D eigenvalue weighted by atomic mass is 10.1. The van der Waals surface area contributed by atoms with E-state index < -0.39 is 24.5 Å². The number of anilines is 1. The predicted octanol–water partition coefficient (Wildman–Crippen LogP) is 2.99. The lowest BCUT2D eigenvalue weighted by molar-refractivity contribution is -0.119. The maximum atomic E-state index is 12.3. The third kappa shape index (κ3) is 4.86. The molecular formula is C19H22N2O6S. The molecule has 0 bridgehead atoms. The fraction of sp³-hybridized carbons (Fsp3) is 0.368. The Morgan fingerprint density at radius 2 is 1.93 bits per heavy atom. The largest absolute Gasteiger partial charge is 0.480 e. The number of carbonyl (C=O) groups excluding carboxylic acids is 3. The van der Waals surface area contributed by atoms with Gasteiger partial charge >= 0.3 is 11.9 Å². The monoisotopic (exact) mass is 406 g/mol. The van der Waals surface area contributed by atoms with Gasteiger partial charge in [-0.1, -0.05) is 6.92 Å². The molecule has 2 heterocycles. The van der Waals surface area contributed by atoms with Crippen LogP contribution < -0.4 is 10.1 Å². The van der Waals surface area contributed by atoms with Crippen molar-refractivity contribution in [1.29, 1.82) is 0 Å². The van der Waals surface area contributed by atoms with Crippen LogP contribution in [0.3, 0.4) is 0 Å². The van der Waals surface area contributed by atoms with Crippen LogP contribution in [-0.2, 0) is 20.7 Å². The van der Waals surface area contributed by atoms with Crippen molar-refractivity contribution in [1.82, 2.24) is 4.98 Å². The fourth-order valence-corrected chi connectivity index (χ4v) is 3.74. The lowest BCUT2D eigenvalue weighted by Crippen LogP contribution is -2.22. The summed E-state index contributed by atoms with van der Waals surface area (Å²) in [6.45, 7) is 5.22. The van der Waals surface area contributed by atoms with E-state index in [1.54, 1.807) is 13.0 Å². The van der Waals surface area contributed by atoms with Gasteiger partial charge in [0, 0.05) is 11.1 Å². The van der Waals surface area contributed by atoms with Gasteiger partial charge in [-0.25, -0.2) is 14.6 Å². The molecule has 2 aromatic heterocycles. The number of thiophene rings is 1. The van der Waals surface area contributed by atoms with E-state index in [1.165, 1.54) is 30.7 Å². The van der Waals surface area contributed by atoms with Crippen LogP contribution in [0.15, 0.2) is 18.3 Å². The van der Waals surface area contributed by atoms with E-state index in [2.05, 4.69) is 10.3 Å². The van der Waals surface area contributed by atoms with Crippen LogP contribution in [-0.4, -0.2) is 43.2 Å². The molecule has 1 amide bonds. The minimum atomic E-state index is -0.734. The average molecular weight is 406 g/mol. The zero-order valence-electron chi connectivity index (χ0n) is 16.2. The summed E-state index contributed by atoms with van der Waals surface area (Å²) in [4.78, 5) is 41.5. The molecule has 1 N–H and O–H groups in total. The van der Waals surface area contributed by atoms with Crippen LogP contribution in [0.4, 0.5) is 5.00 Å². The first-order valence-electron chi connectivity index (χ1n) is 8.68. The van der Waals surface area contributed by atoms with Crippen molar-refractivity contribution in [3.8, 4) is 5.88 Å². The van der Waals surface area contributed by atoms with Crippen LogP contribution in [0, 0.1) is 6.92 Å². The number of rotatable bonds is 8. The molecule has 2 aromatic rings. The van der Waals surface area contributed by atoms with Crippen LogP contribution in [0.1, 0.15) is 45.0 Å². The van der Waals surface area contributed by atoms with Gasteiger partial charge in [-0.3, -0.25) is 4.79 Å². The van der Waals surface area contributed by atoms with Crippen molar-refractivity contribution in [2.24, 2.45) is 0 Å². The normalized spacial score (nSPS) is 10.3. The Kier molecular flexibility index (Phi) is 7.51. The van der Waals surface area contributed by atoms with Gasteiger partial charge in [-0.05, 0) is 38.0 Å². The van der Waals surface area contributed by atoms with Crippen molar-refractivity contribution >= 4 is 34.2 Å². The second-order valence-electron chi connectivity index (χ2n) is 5.60. The Labute approximate surface area is 166 Å². The molecule has 0 saturated carbocycles. The number of hydrogen-bond donors (Lipinski definition) is 1. The van der Waals surface area contributed by atoms with Crippen molar-refractivity contribution < 1.29 is 28.6 Å². The van der Waals surface area contributed by atoms with E-state index >= 15 is 0 Å². The maximum absolute atomic E-state index is 12.3. The van der Waals surface area contributed by atoms with Gasteiger partial charge in [-0.15, -0.1) is 11.3 Å². The Balaban J connectivity index is 2.09. The van der Waals surface area contributed by atoms with Gasteiger partial charge in [0.2, 0.25) is 5.88 Å². The number of nitrogens with one attached hydrogen (secondary N) is 1. The highest BCUT2D eigenvalue weighted by Crippen LogP contribution is 2.34. The zero-order valence-corrected chi connectivity index (χ0v) is 17.0. The van der Waals surface area contributed by atoms with E-state index in [0.717, 1.165) is 10.4 Å². The fourth-order valence-electron chi connectivity index (χ4n) is 2.59. The van der Waals surface area contributed by atoms with E-state index in [1.807, 2.05) is 13.8 Å². The number of methoxy groups -OCH3 is 1. The van der Waals surface area contributed by atoms with E-state index in [9.17, 15) is 14.4 Å². The molecule has 0 atom stereocenters. The van der Waals surface area contributed by atoms with Gasteiger partial charge in [0.05, 0.1) is 19.3 Å². The standard InChI is InChI=1S/C19H22N2O6S/c1-5-12-11(3)28-17(15(12)19(24)26-6-2)21-14(22)10-27-18(23)13-8-7-9-20-16(13)25-4/h7-9H,5-6,10H2,1-4H3,(H,21,22). The summed E-state index contributed by atoms with van der Waals surface area (Å²) >= 11 is 1.28. The van der Waals surface area contributed by atoms with Gasteiger partial charge in [0.1, 0.15) is 10.6 Å². The van der Waals surface area contributed by atoms with Crippen molar-refractivity contribution in [2.45, 2.75) is 27.2 Å². The third-order valence-corrected chi connectivity index (χ3v) is 4.88. The molecular weight excluding hydrogens is 384 g/mol. The number of ether oxygens (including phenoxy) is 3. The molecule has 9 heteroatoms. The molecule has 0 spiro atoms. The molecule has 0 unspecified atom stereocenters. The topological polar surface area (TPSA) is 104 Å². The molecule has 0 aliphatic heterocycles. The molecule has 0 radical (unpaired) electrons. The molecule has 0 aromatic carbocycles. The van der Waals surface area contributed by atoms with Crippen LogP contribution in [0.5, 0.6) is 5.88 Å². The van der Waals surface area contributed by atoms with E-state index in [4.69, 9.17) is 14.2 Å². The summed E-state index contributed by atoms with van der Waals surface area (Å²) in [5, 5.41) is 3.02. The van der Waals surface area contributed by atoms with Crippen molar-refractivity contribution in [2.75, 3.05) is 25.6 Å². The summed E-state index contributed by atoms with van der Waals surface area (Å²) in [5.41, 5.74) is 1.29. The Hall–Kier alpha value is -2.94. The Morgan fingerprint density at radius 1 is 1.18 bits per heavy atom. The highest BCUT2D eigenvalue weighted by atomic mass is 32.1. The SMILES string of the molecule is CCOC(=O)c1c(NC(=O)COC(=O)c2cccnc2OC)sc(C)c1CC. The summed E-state index contributed by atoms with van der Waals surface area (Å²) in [6.07, 6.45) is 2.10. The molecule has 0 aliphatic rings. The maximum Gasteiger partial charge on any atom is 0.344 e. The number of nitrogens with zero attached hydrogens (tertiary/aromatic N) is 1. The lowest BCUT2D eigenvalue weighted by Gasteiger charge is -2.09. The summed E-state index contributed by atoms with van der Waals surface area (Å²) in [6, 6.07) is 3.05. The van der Waals surface area contributed by atoms with Crippen LogP contribution in [0.25, 0.3) is 0 Å². The molecule has 2 rings (SSSR count). The van der Waals surface area contributed by atoms with Gasteiger partial charge in [-0.2, -0.15) is 0 Å². The second-order valence-corrected chi connectivity index (χ2v) is 6.82. The quantitative estimate of drug-likeness (QED) is 0.672. The minimum Gasteiger partial charge on any atom is -0.480 e. The first kappa shape index (κ1) is 21.4. The van der Waals surface area contributed by atoms with Crippen LogP contribution in [0.2, 0.25) is 0 Å². The zero-order chi connectivity index (χ0) is 20.7. The van der Waals surface area contributed by atoms with Crippen molar-refractivity contribution in [3.05, 3.63) is 39.9 Å². The number of hydrogen-bond acceptors (Lipinski definition) is 8. The first-order chi connectivity index (χ1) is 13.4. The third-order valence-electron chi connectivity index (χ3n) is 3.81. The van der Waals surface area contributed by atoms with E-state index in [-0.39, 0.29) is 18.1 Å². The molecule has 0 fully saturated rings. The number of aryl methyl sites for hydroxylation is 1. The van der Waals surface area contributed by atoms with Crippen LogP contribution >= 0.6 is 11.3 Å². The molecule has 150 valence electrons. The first-order valence-corrected chi connectivity index (χ1v) is 9.49. The number of esters is 2. The number of aromatic nitrogens is 1. The molecule has 0 saturated heterocycles.